The molecule has 0 spiro atoms. The molecule has 2 N–H and O–H groups in total. The zero-order valence-corrected chi connectivity index (χ0v) is 13.4. The molecule has 1 aromatic carbocycles. The maximum absolute atomic E-state index is 12.0. The number of carbonyl (C=O) groups excluding carboxylic acids is 1. The van der Waals surface area contributed by atoms with E-state index in [0.29, 0.717) is 23.4 Å². The van der Waals surface area contributed by atoms with Crippen molar-refractivity contribution in [2.75, 3.05) is 13.1 Å². The van der Waals surface area contributed by atoms with Crippen molar-refractivity contribution < 1.29 is 9.32 Å². The van der Waals surface area contributed by atoms with Gasteiger partial charge in [-0.3, -0.25) is 4.79 Å². The van der Waals surface area contributed by atoms with Gasteiger partial charge >= 0.3 is 0 Å². The summed E-state index contributed by atoms with van der Waals surface area (Å²) in [4.78, 5) is 12.0. The standard InChI is InChI=1S/C15H16ClN3O2.ClH/c16-11-5-3-10(4-6-11)14-8-13(19-21-14)15(20)18-9-12-2-1-7-17-12;/h3-6,8,12,17H,1-2,7,9H2,(H,18,20);1H. The van der Waals surface area contributed by atoms with Gasteiger partial charge in [0.1, 0.15) is 0 Å². The Bertz CT molecular complexity index is 622. The number of hydrogen-bond acceptors (Lipinski definition) is 4. The van der Waals surface area contributed by atoms with Crippen LogP contribution in [0.4, 0.5) is 0 Å². The van der Waals surface area contributed by atoms with E-state index in [4.69, 9.17) is 16.1 Å². The third-order valence-corrected chi connectivity index (χ3v) is 3.79. The van der Waals surface area contributed by atoms with Crippen molar-refractivity contribution in [1.29, 1.82) is 0 Å². The fourth-order valence-electron chi connectivity index (χ4n) is 2.37. The Hall–Kier alpha value is -1.56. The molecule has 7 heteroatoms. The smallest absolute Gasteiger partial charge is 0.273 e. The van der Waals surface area contributed by atoms with Gasteiger partial charge in [-0.1, -0.05) is 16.8 Å². The predicted octanol–water partition coefficient (Wildman–Crippen LogP) is 2.90. The normalized spacial score (nSPS) is 17.0. The number of carbonyl (C=O) groups is 1. The number of nitrogens with zero attached hydrogens (tertiary/aromatic N) is 1. The number of benzene rings is 1. The molecule has 118 valence electrons. The molecule has 1 aliphatic heterocycles. The van der Waals surface area contributed by atoms with Gasteiger partial charge in [0, 0.05) is 29.2 Å². The largest absolute Gasteiger partial charge is 0.355 e. The molecule has 0 aliphatic carbocycles. The third kappa shape index (κ3) is 4.00. The quantitative estimate of drug-likeness (QED) is 0.897. The second-order valence-electron chi connectivity index (χ2n) is 5.09. The van der Waals surface area contributed by atoms with Crippen LogP contribution < -0.4 is 10.6 Å². The van der Waals surface area contributed by atoms with Crippen LogP contribution in [0.25, 0.3) is 11.3 Å². The van der Waals surface area contributed by atoms with Gasteiger partial charge in [-0.2, -0.15) is 0 Å². The van der Waals surface area contributed by atoms with E-state index in [9.17, 15) is 4.79 Å². The van der Waals surface area contributed by atoms with E-state index in [1.54, 1.807) is 18.2 Å². The topological polar surface area (TPSA) is 67.2 Å². The molecular formula is C15H17Cl2N3O2. The second kappa shape index (κ2) is 7.63. The Labute approximate surface area is 139 Å². The van der Waals surface area contributed by atoms with Crippen molar-refractivity contribution in [2.45, 2.75) is 18.9 Å². The summed E-state index contributed by atoms with van der Waals surface area (Å²) in [7, 11) is 0. The molecule has 3 rings (SSSR count). The highest BCUT2D eigenvalue weighted by molar-refractivity contribution is 6.30. The minimum atomic E-state index is -0.215. The van der Waals surface area contributed by atoms with Crippen molar-refractivity contribution in [2.24, 2.45) is 0 Å². The first-order valence-corrected chi connectivity index (χ1v) is 7.34. The number of halogens is 2. The summed E-state index contributed by atoms with van der Waals surface area (Å²) in [5.74, 6) is 0.337. The molecule has 1 fully saturated rings. The van der Waals surface area contributed by atoms with Gasteiger partial charge in [0.15, 0.2) is 11.5 Å². The zero-order chi connectivity index (χ0) is 14.7. The fraction of sp³-hybridized carbons (Fsp3) is 0.333. The van der Waals surface area contributed by atoms with Gasteiger partial charge in [-0.05, 0) is 43.7 Å². The van der Waals surface area contributed by atoms with Crippen LogP contribution in [-0.2, 0) is 0 Å². The number of aromatic nitrogens is 1. The maximum Gasteiger partial charge on any atom is 0.273 e. The fourth-order valence-corrected chi connectivity index (χ4v) is 2.50. The SMILES string of the molecule is Cl.O=C(NCC1CCCN1)c1cc(-c2ccc(Cl)cc2)on1. The Balaban J connectivity index is 0.00000176. The molecule has 1 atom stereocenters. The lowest BCUT2D eigenvalue weighted by atomic mass is 10.1. The Morgan fingerprint density at radius 2 is 2.18 bits per heavy atom. The molecule has 1 aromatic heterocycles. The van der Waals surface area contributed by atoms with Crippen LogP contribution in [-0.4, -0.2) is 30.2 Å². The van der Waals surface area contributed by atoms with E-state index in [1.807, 2.05) is 12.1 Å². The molecule has 0 saturated carbocycles. The van der Waals surface area contributed by atoms with Crippen molar-refractivity contribution in [3.05, 3.63) is 41.0 Å². The van der Waals surface area contributed by atoms with Gasteiger partial charge in [0.2, 0.25) is 0 Å². The summed E-state index contributed by atoms with van der Waals surface area (Å²) >= 11 is 5.84. The average molecular weight is 342 g/mol. The molecule has 1 aliphatic rings. The summed E-state index contributed by atoms with van der Waals surface area (Å²) in [6, 6.07) is 9.19. The predicted molar refractivity (Wildman–Crippen MR) is 87.6 cm³/mol. The first-order chi connectivity index (χ1) is 10.2. The highest BCUT2D eigenvalue weighted by atomic mass is 35.5. The minimum Gasteiger partial charge on any atom is -0.355 e. The van der Waals surface area contributed by atoms with E-state index in [0.717, 1.165) is 24.9 Å². The summed E-state index contributed by atoms with van der Waals surface area (Å²) in [5.41, 5.74) is 1.13. The Morgan fingerprint density at radius 3 is 2.86 bits per heavy atom. The monoisotopic (exact) mass is 341 g/mol. The summed E-state index contributed by atoms with van der Waals surface area (Å²) < 4.78 is 5.21. The maximum atomic E-state index is 12.0. The Morgan fingerprint density at radius 1 is 1.41 bits per heavy atom. The molecule has 0 bridgehead atoms. The van der Waals surface area contributed by atoms with Crippen LogP contribution in [0.3, 0.4) is 0 Å². The van der Waals surface area contributed by atoms with E-state index in [2.05, 4.69) is 15.8 Å². The molecule has 1 amide bonds. The van der Waals surface area contributed by atoms with Gasteiger partial charge in [-0.15, -0.1) is 12.4 Å². The van der Waals surface area contributed by atoms with E-state index in [-0.39, 0.29) is 24.0 Å². The highest BCUT2D eigenvalue weighted by Gasteiger charge is 2.17. The number of nitrogens with one attached hydrogen (secondary N) is 2. The van der Waals surface area contributed by atoms with E-state index < -0.39 is 0 Å². The van der Waals surface area contributed by atoms with Crippen LogP contribution in [0.1, 0.15) is 23.3 Å². The van der Waals surface area contributed by atoms with Crippen LogP contribution >= 0.6 is 24.0 Å². The summed E-state index contributed by atoms with van der Waals surface area (Å²) in [6.07, 6.45) is 2.25. The van der Waals surface area contributed by atoms with Gasteiger partial charge in [-0.25, -0.2) is 0 Å². The van der Waals surface area contributed by atoms with Crippen molar-refractivity contribution in [3.63, 3.8) is 0 Å². The van der Waals surface area contributed by atoms with Gasteiger partial charge in [0.25, 0.3) is 5.91 Å². The lowest BCUT2D eigenvalue weighted by Crippen LogP contribution is -2.37. The van der Waals surface area contributed by atoms with Crippen LogP contribution in [0.5, 0.6) is 0 Å². The first-order valence-electron chi connectivity index (χ1n) is 6.96. The van der Waals surface area contributed by atoms with Crippen LogP contribution in [0, 0.1) is 0 Å². The number of hydrogen-bond donors (Lipinski definition) is 2. The molecule has 5 nitrogen and oxygen atoms in total. The van der Waals surface area contributed by atoms with Crippen molar-refractivity contribution >= 4 is 29.9 Å². The average Bonchev–Trinajstić information content (AvgIpc) is 3.17. The van der Waals surface area contributed by atoms with Gasteiger partial charge < -0.3 is 15.2 Å². The zero-order valence-electron chi connectivity index (χ0n) is 11.8. The number of amides is 1. The summed E-state index contributed by atoms with van der Waals surface area (Å²) in [5, 5.41) is 10.7. The second-order valence-corrected chi connectivity index (χ2v) is 5.52. The van der Waals surface area contributed by atoms with E-state index >= 15 is 0 Å². The lowest BCUT2D eigenvalue weighted by molar-refractivity contribution is 0.0941. The van der Waals surface area contributed by atoms with Crippen LogP contribution in [0.15, 0.2) is 34.9 Å². The molecule has 1 saturated heterocycles. The van der Waals surface area contributed by atoms with Crippen molar-refractivity contribution in [1.82, 2.24) is 15.8 Å². The third-order valence-electron chi connectivity index (χ3n) is 3.54. The van der Waals surface area contributed by atoms with E-state index in [1.165, 1.54) is 0 Å². The lowest BCUT2D eigenvalue weighted by Gasteiger charge is -2.09. The molecule has 2 heterocycles. The highest BCUT2D eigenvalue weighted by Crippen LogP contribution is 2.22. The van der Waals surface area contributed by atoms with Crippen LogP contribution in [0.2, 0.25) is 5.02 Å². The van der Waals surface area contributed by atoms with Gasteiger partial charge in [0.05, 0.1) is 0 Å². The first kappa shape index (κ1) is 16.8. The molecular weight excluding hydrogens is 325 g/mol. The molecule has 22 heavy (non-hydrogen) atoms. The molecule has 0 radical (unpaired) electrons. The minimum absolute atomic E-state index is 0. The Kier molecular flexibility index (Phi) is 5.83. The number of rotatable bonds is 4. The molecule has 1 unspecified atom stereocenters. The molecule has 2 aromatic rings. The van der Waals surface area contributed by atoms with Crippen molar-refractivity contribution in [3.8, 4) is 11.3 Å². The summed E-state index contributed by atoms with van der Waals surface area (Å²) in [6.45, 7) is 1.63.